The summed E-state index contributed by atoms with van der Waals surface area (Å²) in [5.74, 6) is -0.575. The number of carbonyl (C=O) groups excluding carboxylic acids is 3. The van der Waals surface area contributed by atoms with Gasteiger partial charge in [-0.25, -0.2) is 4.79 Å². The molecule has 1 heterocycles. The molecule has 0 radical (unpaired) electrons. The van der Waals surface area contributed by atoms with Crippen molar-refractivity contribution in [3.05, 3.63) is 29.8 Å². The van der Waals surface area contributed by atoms with Crippen LogP contribution in [0.5, 0.6) is 0 Å². The van der Waals surface area contributed by atoms with Crippen LogP contribution in [0.25, 0.3) is 0 Å². The minimum Gasteiger partial charge on any atom is -0.368 e. The number of likely N-dealkylation sites (tertiary alicyclic amines) is 1. The van der Waals surface area contributed by atoms with Crippen molar-refractivity contribution in [3.8, 4) is 0 Å². The third-order valence-corrected chi connectivity index (χ3v) is 4.88. The summed E-state index contributed by atoms with van der Waals surface area (Å²) in [6.45, 7) is 8.32. The smallest absolute Gasteiger partial charge is 0.319 e. The molecular weight excluding hydrogens is 344 g/mol. The molecule has 0 aromatic heterocycles. The maximum Gasteiger partial charge on any atom is 0.319 e. The summed E-state index contributed by atoms with van der Waals surface area (Å²) in [4.78, 5) is 38.3. The monoisotopic (exact) mass is 374 g/mol. The summed E-state index contributed by atoms with van der Waals surface area (Å²) >= 11 is 0. The standard InChI is InChI=1S/C20H30N4O3/c1-13-7-5-6-12-24(13)18(26)14-8-10-15(11-9-14)22-19(27)23-16(17(21)25)20(2,3)4/h8-11,13,16H,5-7,12H2,1-4H3,(H2,21,25)(H2,22,23,27)/t13?,16-/m1/s1. The first-order valence-corrected chi connectivity index (χ1v) is 9.37. The average molecular weight is 374 g/mol. The predicted molar refractivity (Wildman–Crippen MR) is 105 cm³/mol. The normalized spacial score (nSPS) is 18.5. The van der Waals surface area contributed by atoms with Crippen molar-refractivity contribution in [2.24, 2.45) is 11.1 Å². The Kier molecular flexibility index (Phi) is 6.46. The van der Waals surface area contributed by atoms with Crippen LogP contribution in [0.15, 0.2) is 24.3 Å². The number of benzene rings is 1. The number of primary amides is 1. The highest BCUT2D eigenvalue weighted by atomic mass is 16.2. The Balaban J connectivity index is 1.99. The number of piperidine rings is 1. The van der Waals surface area contributed by atoms with Gasteiger partial charge >= 0.3 is 6.03 Å². The van der Waals surface area contributed by atoms with Gasteiger partial charge in [-0.15, -0.1) is 0 Å². The molecule has 4 amide bonds. The summed E-state index contributed by atoms with van der Waals surface area (Å²) in [5.41, 5.74) is 6.01. The summed E-state index contributed by atoms with van der Waals surface area (Å²) in [6, 6.07) is 5.70. The van der Waals surface area contributed by atoms with Crippen molar-refractivity contribution in [1.82, 2.24) is 10.2 Å². The number of urea groups is 1. The van der Waals surface area contributed by atoms with E-state index >= 15 is 0 Å². The predicted octanol–water partition coefficient (Wildman–Crippen LogP) is 2.72. The van der Waals surface area contributed by atoms with Gasteiger partial charge in [0.2, 0.25) is 5.91 Å². The van der Waals surface area contributed by atoms with E-state index in [0.29, 0.717) is 11.3 Å². The van der Waals surface area contributed by atoms with Crippen molar-refractivity contribution in [2.45, 2.75) is 59.0 Å². The van der Waals surface area contributed by atoms with E-state index in [1.165, 1.54) is 0 Å². The molecular formula is C20H30N4O3. The van der Waals surface area contributed by atoms with Crippen LogP contribution in [0.3, 0.4) is 0 Å². The van der Waals surface area contributed by atoms with Gasteiger partial charge in [-0.3, -0.25) is 9.59 Å². The zero-order chi connectivity index (χ0) is 20.2. The summed E-state index contributed by atoms with van der Waals surface area (Å²) in [7, 11) is 0. The number of rotatable bonds is 4. The van der Waals surface area contributed by atoms with E-state index in [9.17, 15) is 14.4 Å². The number of anilines is 1. The van der Waals surface area contributed by atoms with Crippen molar-refractivity contribution in [3.63, 3.8) is 0 Å². The number of carbonyl (C=O) groups is 3. The van der Waals surface area contributed by atoms with E-state index in [4.69, 9.17) is 5.73 Å². The minimum absolute atomic E-state index is 0.0136. The third-order valence-electron chi connectivity index (χ3n) is 4.88. The molecule has 1 aromatic rings. The van der Waals surface area contributed by atoms with Crippen molar-refractivity contribution >= 4 is 23.5 Å². The highest BCUT2D eigenvalue weighted by Crippen LogP contribution is 2.21. The first-order valence-electron chi connectivity index (χ1n) is 9.37. The fraction of sp³-hybridized carbons (Fsp3) is 0.550. The van der Waals surface area contributed by atoms with Crippen LogP contribution >= 0.6 is 0 Å². The molecule has 1 unspecified atom stereocenters. The van der Waals surface area contributed by atoms with Gasteiger partial charge in [-0.2, -0.15) is 0 Å². The average Bonchev–Trinajstić information content (AvgIpc) is 2.59. The van der Waals surface area contributed by atoms with Crippen molar-refractivity contribution in [1.29, 1.82) is 0 Å². The van der Waals surface area contributed by atoms with Gasteiger partial charge < -0.3 is 21.3 Å². The van der Waals surface area contributed by atoms with Gasteiger partial charge in [0.25, 0.3) is 5.91 Å². The molecule has 148 valence electrons. The molecule has 1 aliphatic heterocycles. The zero-order valence-electron chi connectivity index (χ0n) is 16.5. The maximum atomic E-state index is 12.6. The highest BCUT2D eigenvalue weighted by Gasteiger charge is 2.31. The molecule has 0 bridgehead atoms. The van der Waals surface area contributed by atoms with E-state index < -0.39 is 23.4 Å². The largest absolute Gasteiger partial charge is 0.368 e. The molecule has 2 rings (SSSR count). The highest BCUT2D eigenvalue weighted by molar-refractivity contribution is 5.96. The lowest BCUT2D eigenvalue weighted by molar-refractivity contribution is -0.122. The van der Waals surface area contributed by atoms with E-state index in [1.807, 2.05) is 25.7 Å². The molecule has 0 saturated carbocycles. The van der Waals surface area contributed by atoms with Gasteiger partial charge in [0.1, 0.15) is 6.04 Å². The fourth-order valence-electron chi connectivity index (χ4n) is 3.27. The van der Waals surface area contributed by atoms with Crippen molar-refractivity contribution in [2.75, 3.05) is 11.9 Å². The second-order valence-electron chi connectivity index (χ2n) is 8.22. The first kappa shape index (κ1) is 20.7. The molecule has 4 N–H and O–H groups in total. The molecule has 1 saturated heterocycles. The molecule has 1 aliphatic rings. The number of nitrogens with one attached hydrogen (secondary N) is 2. The molecule has 7 nitrogen and oxygen atoms in total. The van der Waals surface area contributed by atoms with Gasteiger partial charge in [0, 0.05) is 23.8 Å². The lowest BCUT2D eigenvalue weighted by atomic mass is 9.86. The Morgan fingerprint density at radius 3 is 2.30 bits per heavy atom. The minimum atomic E-state index is -0.793. The quantitative estimate of drug-likeness (QED) is 0.754. The van der Waals surface area contributed by atoms with Crippen LogP contribution in [-0.4, -0.2) is 41.4 Å². The second-order valence-corrected chi connectivity index (χ2v) is 8.22. The Morgan fingerprint density at radius 1 is 1.15 bits per heavy atom. The Labute approximate surface area is 160 Å². The van der Waals surface area contributed by atoms with Crippen LogP contribution in [0.4, 0.5) is 10.5 Å². The Morgan fingerprint density at radius 2 is 1.78 bits per heavy atom. The molecule has 2 atom stereocenters. The molecule has 1 aromatic carbocycles. The molecule has 7 heteroatoms. The van der Waals surface area contributed by atoms with Crippen molar-refractivity contribution < 1.29 is 14.4 Å². The number of nitrogens with zero attached hydrogens (tertiary/aromatic N) is 1. The van der Waals surface area contributed by atoms with Crippen LogP contribution in [0.1, 0.15) is 57.3 Å². The van der Waals surface area contributed by atoms with E-state index in [-0.39, 0.29) is 11.9 Å². The molecule has 27 heavy (non-hydrogen) atoms. The van der Waals surface area contributed by atoms with E-state index in [0.717, 1.165) is 25.8 Å². The van der Waals surface area contributed by atoms with Crippen LogP contribution < -0.4 is 16.4 Å². The topological polar surface area (TPSA) is 105 Å². The lowest BCUT2D eigenvalue weighted by Gasteiger charge is -2.33. The van der Waals surface area contributed by atoms with Crippen LogP contribution in [-0.2, 0) is 4.79 Å². The SMILES string of the molecule is CC1CCCCN1C(=O)c1ccc(NC(=O)N[C@H](C(N)=O)C(C)(C)C)cc1. The fourth-order valence-corrected chi connectivity index (χ4v) is 3.27. The van der Waals surface area contributed by atoms with Gasteiger partial charge in [-0.05, 0) is 55.9 Å². The van der Waals surface area contributed by atoms with Gasteiger partial charge in [0.05, 0.1) is 0 Å². The van der Waals surface area contributed by atoms with Gasteiger partial charge in [0.15, 0.2) is 0 Å². The molecule has 1 fully saturated rings. The molecule has 0 aliphatic carbocycles. The first-order chi connectivity index (χ1) is 12.6. The summed E-state index contributed by atoms with van der Waals surface area (Å²) < 4.78 is 0. The molecule has 0 spiro atoms. The number of hydrogen-bond donors (Lipinski definition) is 3. The lowest BCUT2D eigenvalue weighted by Crippen LogP contribution is -2.53. The number of nitrogens with two attached hydrogens (primary N) is 1. The third kappa shape index (κ3) is 5.45. The summed E-state index contributed by atoms with van der Waals surface area (Å²) in [5, 5.41) is 5.27. The van der Waals surface area contributed by atoms with Gasteiger partial charge in [-0.1, -0.05) is 20.8 Å². The van der Waals surface area contributed by atoms with E-state index in [1.54, 1.807) is 24.3 Å². The number of amides is 4. The summed E-state index contributed by atoms with van der Waals surface area (Å²) in [6.07, 6.45) is 3.22. The number of hydrogen-bond acceptors (Lipinski definition) is 3. The van der Waals surface area contributed by atoms with Crippen LogP contribution in [0, 0.1) is 5.41 Å². The zero-order valence-corrected chi connectivity index (χ0v) is 16.5. The maximum absolute atomic E-state index is 12.6. The Bertz CT molecular complexity index is 694. The second kappa shape index (κ2) is 8.41. The van der Waals surface area contributed by atoms with E-state index in [2.05, 4.69) is 17.6 Å². The van der Waals surface area contributed by atoms with Crippen LogP contribution in [0.2, 0.25) is 0 Å². The Hall–Kier alpha value is -2.57.